The van der Waals surface area contributed by atoms with Gasteiger partial charge in [0.2, 0.25) is 5.91 Å². The number of methoxy groups -OCH3 is 1. The number of anilines is 1. The van der Waals surface area contributed by atoms with Gasteiger partial charge in [0.05, 0.1) is 19.3 Å². The van der Waals surface area contributed by atoms with E-state index in [0.29, 0.717) is 12.2 Å². The molecule has 1 aromatic carbocycles. The minimum Gasteiger partial charge on any atom is -0.497 e. The molecule has 2 aromatic rings. The smallest absolute Gasteiger partial charge is 0.225 e. The van der Waals surface area contributed by atoms with Crippen molar-refractivity contribution in [3.8, 4) is 5.75 Å². The molecule has 0 fully saturated rings. The van der Waals surface area contributed by atoms with Gasteiger partial charge in [0, 0.05) is 25.6 Å². The Morgan fingerprint density at radius 3 is 2.83 bits per heavy atom. The molecule has 1 N–H and O–H groups in total. The van der Waals surface area contributed by atoms with Crippen LogP contribution in [-0.4, -0.2) is 41.3 Å². The van der Waals surface area contributed by atoms with Gasteiger partial charge in [0.25, 0.3) is 0 Å². The molecule has 1 amide bonds. The minimum absolute atomic E-state index is 0.0207. The van der Waals surface area contributed by atoms with Crippen LogP contribution in [0.5, 0.6) is 5.75 Å². The number of hydrogen-bond acceptors (Lipinski definition) is 4. The summed E-state index contributed by atoms with van der Waals surface area (Å²) in [7, 11) is 3.75. The topological polar surface area (TPSA) is 59.4 Å². The molecule has 0 saturated heterocycles. The van der Waals surface area contributed by atoms with E-state index in [1.807, 2.05) is 35.0 Å². The average Bonchev–Trinajstić information content (AvgIpc) is 2.96. The molecule has 1 aliphatic rings. The number of nitrogens with one attached hydrogen (secondary N) is 1. The molecule has 128 valence electrons. The van der Waals surface area contributed by atoms with Crippen molar-refractivity contribution in [3.05, 3.63) is 41.6 Å². The summed E-state index contributed by atoms with van der Waals surface area (Å²) in [6, 6.07) is 9.94. The van der Waals surface area contributed by atoms with Crippen LogP contribution in [0.2, 0.25) is 0 Å². The summed E-state index contributed by atoms with van der Waals surface area (Å²) in [5.41, 5.74) is 2.36. The number of nitrogens with zero attached hydrogens (tertiary/aromatic N) is 3. The zero-order chi connectivity index (χ0) is 16.9. The predicted molar refractivity (Wildman–Crippen MR) is 93.1 cm³/mol. The van der Waals surface area contributed by atoms with Crippen LogP contribution in [0.15, 0.2) is 30.3 Å². The largest absolute Gasteiger partial charge is 0.497 e. The van der Waals surface area contributed by atoms with E-state index >= 15 is 0 Å². The first-order valence-electron chi connectivity index (χ1n) is 8.32. The summed E-state index contributed by atoms with van der Waals surface area (Å²) in [5.74, 6) is 1.54. The van der Waals surface area contributed by atoms with E-state index in [1.54, 1.807) is 7.11 Å². The molecule has 6 nitrogen and oxygen atoms in total. The molecule has 0 saturated carbocycles. The molecule has 1 aliphatic heterocycles. The molecule has 6 heteroatoms. The first kappa shape index (κ1) is 16.5. The SMILES string of the molecule is COc1ccc(CCCC(=O)Nc2cc3n(n2)CCN(C)C3)cc1. The Balaban J connectivity index is 1.45. The number of hydrogen-bond donors (Lipinski definition) is 1. The highest BCUT2D eigenvalue weighted by Crippen LogP contribution is 2.16. The van der Waals surface area contributed by atoms with Crippen LogP contribution >= 0.6 is 0 Å². The van der Waals surface area contributed by atoms with Gasteiger partial charge in [-0.05, 0) is 37.6 Å². The summed E-state index contributed by atoms with van der Waals surface area (Å²) in [6.07, 6.45) is 2.19. The first-order valence-corrected chi connectivity index (χ1v) is 8.32. The molecular weight excluding hydrogens is 304 g/mol. The molecule has 0 aliphatic carbocycles. The summed E-state index contributed by atoms with van der Waals surface area (Å²) in [4.78, 5) is 14.3. The van der Waals surface area contributed by atoms with Crippen molar-refractivity contribution >= 4 is 11.7 Å². The second kappa shape index (κ2) is 7.49. The van der Waals surface area contributed by atoms with Gasteiger partial charge in [-0.1, -0.05) is 12.1 Å². The third kappa shape index (κ3) is 4.14. The molecule has 24 heavy (non-hydrogen) atoms. The third-order valence-corrected chi connectivity index (χ3v) is 4.28. The molecule has 0 radical (unpaired) electrons. The van der Waals surface area contributed by atoms with E-state index in [2.05, 4.69) is 22.4 Å². The molecule has 0 spiro atoms. The maximum atomic E-state index is 12.1. The first-order chi connectivity index (χ1) is 11.6. The highest BCUT2D eigenvalue weighted by atomic mass is 16.5. The standard InChI is InChI=1S/C18H24N4O2/c1-21-10-11-22-15(13-21)12-17(20-22)19-18(23)5-3-4-14-6-8-16(24-2)9-7-14/h6-9,12H,3-5,10-11,13H2,1-2H3,(H,19,20,23). The highest BCUT2D eigenvalue weighted by molar-refractivity contribution is 5.89. The minimum atomic E-state index is 0.0207. The number of aryl methyl sites for hydroxylation is 1. The lowest BCUT2D eigenvalue weighted by molar-refractivity contribution is -0.116. The monoisotopic (exact) mass is 328 g/mol. The van der Waals surface area contributed by atoms with E-state index in [1.165, 1.54) is 5.56 Å². The summed E-state index contributed by atoms with van der Waals surface area (Å²) in [5, 5.41) is 7.36. The fourth-order valence-corrected chi connectivity index (χ4v) is 2.91. The maximum Gasteiger partial charge on any atom is 0.225 e. The number of carbonyl (C=O) groups is 1. The summed E-state index contributed by atoms with van der Waals surface area (Å²) >= 11 is 0. The Hall–Kier alpha value is -2.34. The van der Waals surface area contributed by atoms with Crippen LogP contribution in [0.4, 0.5) is 5.82 Å². The fourth-order valence-electron chi connectivity index (χ4n) is 2.91. The fraction of sp³-hybridized carbons (Fsp3) is 0.444. The Bertz CT molecular complexity index is 694. The predicted octanol–water partition coefficient (Wildman–Crippen LogP) is 2.30. The van der Waals surface area contributed by atoms with Crippen molar-refractivity contribution in [2.24, 2.45) is 0 Å². The Kier molecular flexibility index (Phi) is 5.15. The number of likely N-dealkylation sites (N-methyl/N-ethyl adjacent to an activating group) is 1. The van der Waals surface area contributed by atoms with Crippen LogP contribution < -0.4 is 10.1 Å². The molecule has 3 rings (SSSR count). The van der Waals surface area contributed by atoms with Crippen LogP contribution in [0.3, 0.4) is 0 Å². The van der Waals surface area contributed by atoms with E-state index in [-0.39, 0.29) is 5.91 Å². The Labute approximate surface area is 142 Å². The van der Waals surface area contributed by atoms with E-state index < -0.39 is 0 Å². The van der Waals surface area contributed by atoms with Crippen LogP contribution in [0, 0.1) is 0 Å². The van der Waals surface area contributed by atoms with Gasteiger partial charge in [-0.3, -0.25) is 14.4 Å². The molecule has 2 heterocycles. The second-order valence-corrected chi connectivity index (χ2v) is 6.23. The Morgan fingerprint density at radius 2 is 2.08 bits per heavy atom. The zero-order valence-corrected chi connectivity index (χ0v) is 14.3. The maximum absolute atomic E-state index is 12.1. The number of amides is 1. The van der Waals surface area contributed by atoms with Gasteiger partial charge >= 0.3 is 0 Å². The van der Waals surface area contributed by atoms with Crippen molar-refractivity contribution in [1.29, 1.82) is 0 Å². The van der Waals surface area contributed by atoms with Crippen LogP contribution in [0.25, 0.3) is 0 Å². The van der Waals surface area contributed by atoms with Crippen molar-refractivity contribution in [2.75, 3.05) is 26.0 Å². The lowest BCUT2D eigenvalue weighted by atomic mass is 10.1. The number of carbonyl (C=O) groups excluding carboxylic acids is 1. The summed E-state index contributed by atoms with van der Waals surface area (Å²) in [6.45, 7) is 2.74. The van der Waals surface area contributed by atoms with Crippen LogP contribution in [-0.2, 0) is 24.3 Å². The molecular formula is C18H24N4O2. The summed E-state index contributed by atoms with van der Waals surface area (Å²) < 4.78 is 7.12. The average molecular weight is 328 g/mol. The highest BCUT2D eigenvalue weighted by Gasteiger charge is 2.16. The second-order valence-electron chi connectivity index (χ2n) is 6.23. The van der Waals surface area contributed by atoms with E-state index in [0.717, 1.165) is 43.9 Å². The van der Waals surface area contributed by atoms with Crippen molar-refractivity contribution in [2.45, 2.75) is 32.4 Å². The number of benzene rings is 1. The molecule has 0 atom stereocenters. The van der Waals surface area contributed by atoms with Gasteiger partial charge < -0.3 is 10.1 Å². The van der Waals surface area contributed by atoms with Crippen molar-refractivity contribution in [1.82, 2.24) is 14.7 Å². The number of ether oxygens (including phenoxy) is 1. The van der Waals surface area contributed by atoms with Gasteiger partial charge in [0.15, 0.2) is 5.82 Å². The van der Waals surface area contributed by atoms with Gasteiger partial charge in [-0.15, -0.1) is 0 Å². The third-order valence-electron chi connectivity index (χ3n) is 4.28. The van der Waals surface area contributed by atoms with E-state index in [9.17, 15) is 4.79 Å². The molecule has 0 unspecified atom stereocenters. The van der Waals surface area contributed by atoms with Crippen molar-refractivity contribution in [3.63, 3.8) is 0 Å². The Morgan fingerprint density at radius 1 is 1.29 bits per heavy atom. The normalized spacial score (nSPS) is 14.2. The van der Waals surface area contributed by atoms with Gasteiger partial charge in [-0.25, -0.2) is 0 Å². The number of rotatable bonds is 6. The van der Waals surface area contributed by atoms with E-state index in [4.69, 9.17) is 4.74 Å². The molecule has 1 aromatic heterocycles. The lowest BCUT2D eigenvalue weighted by Crippen LogP contribution is -2.30. The quantitative estimate of drug-likeness (QED) is 0.884. The lowest BCUT2D eigenvalue weighted by Gasteiger charge is -2.22. The van der Waals surface area contributed by atoms with Gasteiger partial charge in [0.1, 0.15) is 5.75 Å². The number of aromatic nitrogens is 2. The zero-order valence-electron chi connectivity index (χ0n) is 14.3. The molecule has 0 bridgehead atoms. The van der Waals surface area contributed by atoms with Crippen molar-refractivity contribution < 1.29 is 9.53 Å². The van der Waals surface area contributed by atoms with Crippen LogP contribution in [0.1, 0.15) is 24.1 Å². The number of fused-ring (bicyclic) bond motifs is 1. The van der Waals surface area contributed by atoms with Gasteiger partial charge in [-0.2, -0.15) is 5.10 Å².